The molecule has 0 saturated carbocycles. The fourth-order valence-corrected chi connectivity index (χ4v) is 3.56. The number of aromatic nitrogens is 1. The molecule has 0 aliphatic heterocycles. The van der Waals surface area contributed by atoms with Crippen molar-refractivity contribution >= 4 is 38.4 Å². The number of Topliss-reactive ketones (excluding diaryl/α,β-unsaturated/α-hetero) is 1. The molecule has 0 unspecified atom stereocenters. The Morgan fingerprint density at radius 3 is 2.54 bits per heavy atom. The summed E-state index contributed by atoms with van der Waals surface area (Å²) in [6.45, 7) is 1.58. The molecule has 8 heteroatoms. The topological polar surface area (TPSA) is 105 Å². The van der Waals surface area contributed by atoms with Crippen molar-refractivity contribution in [2.45, 2.75) is 13.3 Å². The number of aromatic amines is 1. The van der Waals surface area contributed by atoms with Crippen LogP contribution in [0.5, 0.6) is 0 Å². The first-order chi connectivity index (χ1) is 13.3. The highest BCUT2D eigenvalue weighted by molar-refractivity contribution is 7.92. The van der Waals surface area contributed by atoms with Crippen LogP contribution in [0.2, 0.25) is 0 Å². The van der Waals surface area contributed by atoms with Gasteiger partial charge >= 0.3 is 5.97 Å². The average Bonchev–Trinajstić information content (AvgIpc) is 3.09. The van der Waals surface area contributed by atoms with Gasteiger partial charge in [0.05, 0.1) is 17.5 Å². The lowest BCUT2D eigenvalue weighted by atomic mass is 10.1. The number of hydrogen-bond donors (Lipinski definition) is 2. The van der Waals surface area contributed by atoms with Gasteiger partial charge in [0.15, 0.2) is 6.61 Å². The van der Waals surface area contributed by atoms with Gasteiger partial charge in [-0.15, -0.1) is 0 Å². The molecule has 0 aliphatic rings. The maximum Gasteiger partial charge on any atom is 0.340 e. The number of carbonyl (C=O) groups excluding carboxylic acids is 2. The second-order valence-electron chi connectivity index (χ2n) is 6.31. The highest BCUT2D eigenvalue weighted by atomic mass is 32.2. The molecule has 1 heterocycles. The van der Waals surface area contributed by atoms with Crippen molar-refractivity contribution in [3.8, 4) is 0 Å². The minimum absolute atomic E-state index is 0.0351. The van der Waals surface area contributed by atoms with Crippen LogP contribution < -0.4 is 4.72 Å². The van der Waals surface area contributed by atoms with Gasteiger partial charge in [-0.1, -0.05) is 37.3 Å². The monoisotopic (exact) mass is 400 g/mol. The Morgan fingerprint density at radius 1 is 1.07 bits per heavy atom. The van der Waals surface area contributed by atoms with Gasteiger partial charge in [0.2, 0.25) is 15.8 Å². The van der Waals surface area contributed by atoms with Gasteiger partial charge in [-0.25, -0.2) is 13.2 Å². The number of benzene rings is 2. The molecule has 3 aromatic rings. The number of sulfonamides is 1. The third kappa shape index (κ3) is 4.23. The van der Waals surface area contributed by atoms with Gasteiger partial charge in [-0.3, -0.25) is 9.52 Å². The molecule has 0 saturated heterocycles. The predicted molar refractivity (Wildman–Crippen MR) is 107 cm³/mol. The van der Waals surface area contributed by atoms with Gasteiger partial charge in [0.1, 0.15) is 0 Å². The lowest BCUT2D eigenvalue weighted by Gasteiger charge is -2.10. The molecule has 0 amide bonds. The van der Waals surface area contributed by atoms with E-state index in [9.17, 15) is 18.0 Å². The van der Waals surface area contributed by atoms with Crippen LogP contribution in [0.4, 0.5) is 5.69 Å². The summed E-state index contributed by atoms with van der Waals surface area (Å²) < 4.78 is 30.3. The Bertz CT molecular complexity index is 1150. The average molecular weight is 400 g/mol. The van der Waals surface area contributed by atoms with Crippen molar-refractivity contribution in [3.63, 3.8) is 0 Å². The molecular formula is C20H20N2O5S. The van der Waals surface area contributed by atoms with Gasteiger partial charge < -0.3 is 9.72 Å². The molecule has 146 valence electrons. The van der Waals surface area contributed by atoms with E-state index >= 15 is 0 Å². The normalized spacial score (nSPS) is 11.4. The number of nitrogens with one attached hydrogen (secondary N) is 2. The minimum Gasteiger partial charge on any atom is -0.454 e. The number of ether oxygens (including phenoxy) is 1. The summed E-state index contributed by atoms with van der Waals surface area (Å²) in [5.41, 5.74) is 2.56. The first-order valence-electron chi connectivity index (χ1n) is 8.66. The molecule has 2 aromatic carbocycles. The van der Waals surface area contributed by atoms with Crippen LogP contribution in [0, 0.1) is 0 Å². The third-order valence-corrected chi connectivity index (χ3v) is 4.85. The SMILES string of the molecule is CCc1cccc2c(C(=O)COC(=O)c3ccccc3NS(C)(=O)=O)c[nH]c12. The summed E-state index contributed by atoms with van der Waals surface area (Å²) in [4.78, 5) is 28.0. The second-order valence-corrected chi connectivity index (χ2v) is 8.06. The Labute approximate surface area is 162 Å². The second kappa shape index (κ2) is 7.85. The standard InChI is InChI=1S/C20H20N2O5S/c1-3-13-7-6-9-14-16(11-21-19(13)14)18(23)12-27-20(24)15-8-4-5-10-17(15)22-28(2,25)26/h4-11,21-22H,3,12H2,1-2H3. The fraction of sp³-hybridized carbons (Fsp3) is 0.200. The van der Waals surface area contributed by atoms with E-state index in [-0.39, 0.29) is 17.0 Å². The molecule has 28 heavy (non-hydrogen) atoms. The van der Waals surface area contributed by atoms with Crippen LogP contribution in [-0.2, 0) is 21.2 Å². The molecule has 2 N–H and O–H groups in total. The first kappa shape index (κ1) is 19.6. The highest BCUT2D eigenvalue weighted by Gasteiger charge is 2.19. The van der Waals surface area contributed by atoms with E-state index in [4.69, 9.17) is 4.74 Å². The fourth-order valence-electron chi connectivity index (χ4n) is 2.98. The number of para-hydroxylation sites is 2. The number of ketones is 1. The van der Waals surface area contributed by atoms with Crippen molar-refractivity contribution < 1.29 is 22.7 Å². The molecular weight excluding hydrogens is 380 g/mol. The third-order valence-electron chi connectivity index (χ3n) is 4.26. The molecule has 0 atom stereocenters. The molecule has 3 rings (SSSR count). The maximum absolute atomic E-state index is 12.6. The summed E-state index contributed by atoms with van der Waals surface area (Å²) in [6, 6.07) is 11.8. The van der Waals surface area contributed by atoms with Gasteiger partial charge in [-0.05, 0) is 24.1 Å². The van der Waals surface area contributed by atoms with E-state index in [0.29, 0.717) is 5.56 Å². The van der Waals surface area contributed by atoms with Crippen molar-refractivity contribution in [1.29, 1.82) is 0 Å². The van der Waals surface area contributed by atoms with E-state index in [2.05, 4.69) is 9.71 Å². The highest BCUT2D eigenvalue weighted by Crippen LogP contribution is 2.23. The summed E-state index contributed by atoms with van der Waals surface area (Å²) in [6.07, 6.45) is 3.42. The zero-order chi connectivity index (χ0) is 20.3. The number of H-pyrrole nitrogens is 1. The van der Waals surface area contributed by atoms with E-state index < -0.39 is 22.6 Å². The zero-order valence-electron chi connectivity index (χ0n) is 15.5. The van der Waals surface area contributed by atoms with Crippen LogP contribution in [0.3, 0.4) is 0 Å². The Morgan fingerprint density at radius 2 is 1.82 bits per heavy atom. The Kier molecular flexibility index (Phi) is 5.51. The predicted octanol–water partition coefficient (Wildman–Crippen LogP) is 3.14. The van der Waals surface area contributed by atoms with Crippen molar-refractivity contribution in [1.82, 2.24) is 4.98 Å². The quantitative estimate of drug-likeness (QED) is 0.468. The van der Waals surface area contributed by atoms with E-state index in [0.717, 1.165) is 29.1 Å². The van der Waals surface area contributed by atoms with Crippen LogP contribution in [0.15, 0.2) is 48.7 Å². The van der Waals surface area contributed by atoms with Gasteiger partial charge in [0, 0.05) is 22.7 Å². The lowest BCUT2D eigenvalue weighted by Crippen LogP contribution is -2.17. The maximum atomic E-state index is 12.6. The summed E-state index contributed by atoms with van der Waals surface area (Å²) in [5, 5.41) is 0.777. The van der Waals surface area contributed by atoms with E-state index in [1.807, 2.05) is 25.1 Å². The van der Waals surface area contributed by atoms with Gasteiger partial charge in [0.25, 0.3) is 0 Å². The smallest absolute Gasteiger partial charge is 0.340 e. The molecule has 0 fully saturated rings. The number of aryl methyl sites for hydroxylation is 1. The molecule has 7 nitrogen and oxygen atoms in total. The van der Waals surface area contributed by atoms with Crippen molar-refractivity contribution in [3.05, 3.63) is 65.4 Å². The van der Waals surface area contributed by atoms with E-state index in [1.165, 1.54) is 12.1 Å². The van der Waals surface area contributed by atoms with E-state index in [1.54, 1.807) is 18.3 Å². The zero-order valence-corrected chi connectivity index (χ0v) is 16.3. The summed E-state index contributed by atoms with van der Waals surface area (Å²) >= 11 is 0. The first-order valence-corrected chi connectivity index (χ1v) is 10.6. The molecule has 0 bridgehead atoms. The largest absolute Gasteiger partial charge is 0.454 e. The Hall–Kier alpha value is -3.13. The number of rotatable bonds is 7. The van der Waals surface area contributed by atoms with Crippen LogP contribution in [0.1, 0.15) is 33.2 Å². The van der Waals surface area contributed by atoms with Gasteiger partial charge in [-0.2, -0.15) is 0 Å². The van der Waals surface area contributed by atoms with Crippen LogP contribution in [0.25, 0.3) is 10.9 Å². The number of anilines is 1. The molecule has 0 radical (unpaired) electrons. The summed E-state index contributed by atoms with van der Waals surface area (Å²) in [5.74, 6) is -1.13. The van der Waals surface area contributed by atoms with Crippen molar-refractivity contribution in [2.75, 3.05) is 17.6 Å². The van der Waals surface area contributed by atoms with Crippen LogP contribution >= 0.6 is 0 Å². The molecule has 0 spiro atoms. The molecule has 0 aliphatic carbocycles. The van der Waals surface area contributed by atoms with Crippen molar-refractivity contribution in [2.24, 2.45) is 0 Å². The molecule has 1 aromatic heterocycles. The minimum atomic E-state index is -3.56. The van der Waals surface area contributed by atoms with Crippen LogP contribution in [-0.4, -0.2) is 38.0 Å². The number of hydrogen-bond acceptors (Lipinski definition) is 5. The Balaban J connectivity index is 1.76. The summed E-state index contributed by atoms with van der Waals surface area (Å²) in [7, 11) is -3.56. The number of esters is 1. The number of fused-ring (bicyclic) bond motifs is 1. The lowest BCUT2D eigenvalue weighted by molar-refractivity contribution is 0.0476. The number of carbonyl (C=O) groups is 2.